The molecule has 1 aromatic rings. The molecular formula is C12H20N2OS. The van der Waals surface area contributed by atoms with Crippen LogP contribution in [-0.2, 0) is 11.3 Å². The van der Waals surface area contributed by atoms with E-state index in [1.165, 1.54) is 5.75 Å². The van der Waals surface area contributed by atoms with Gasteiger partial charge in [0.25, 0.3) is 0 Å². The van der Waals surface area contributed by atoms with Gasteiger partial charge < -0.3 is 10.1 Å². The Balaban J connectivity index is 1.89. The third-order valence-corrected chi connectivity index (χ3v) is 3.16. The lowest BCUT2D eigenvalue weighted by atomic mass is 10.3. The summed E-state index contributed by atoms with van der Waals surface area (Å²) in [6, 6.07) is 6.00. The molecule has 1 aromatic heterocycles. The van der Waals surface area contributed by atoms with Crippen molar-refractivity contribution < 1.29 is 4.74 Å². The molecule has 0 atom stereocenters. The van der Waals surface area contributed by atoms with E-state index < -0.39 is 0 Å². The van der Waals surface area contributed by atoms with E-state index in [1.807, 2.05) is 36.2 Å². The molecule has 1 N–H and O–H groups in total. The molecule has 0 bridgehead atoms. The second-order valence-corrected chi connectivity index (χ2v) is 4.68. The Morgan fingerprint density at radius 2 is 2.31 bits per heavy atom. The topological polar surface area (TPSA) is 34.1 Å². The summed E-state index contributed by atoms with van der Waals surface area (Å²) in [6.45, 7) is 2.77. The van der Waals surface area contributed by atoms with Crippen molar-refractivity contribution in [3.63, 3.8) is 0 Å². The number of thioether (sulfide) groups is 1. The number of rotatable bonds is 9. The van der Waals surface area contributed by atoms with Gasteiger partial charge in [0.05, 0.1) is 5.69 Å². The summed E-state index contributed by atoms with van der Waals surface area (Å²) in [5, 5.41) is 3.38. The molecule has 0 radical (unpaired) electrons. The number of pyridine rings is 1. The molecule has 1 heterocycles. The highest BCUT2D eigenvalue weighted by Crippen LogP contribution is 2.01. The number of ether oxygens (including phenoxy) is 1. The minimum Gasteiger partial charge on any atom is -0.385 e. The average molecular weight is 240 g/mol. The molecule has 0 saturated carbocycles. The SMILES string of the molecule is COCCCSCCNCc1ccccn1. The van der Waals surface area contributed by atoms with Crippen LogP contribution in [0.3, 0.4) is 0 Å². The minimum absolute atomic E-state index is 0.861. The molecule has 1 rings (SSSR count). The van der Waals surface area contributed by atoms with Crippen LogP contribution in [-0.4, -0.2) is 36.8 Å². The van der Waals surface area contributed by atoms with E-state index in [0.29, 0.717) is 0 Å². The monoisotopic (exact) mass is 240 g/mol. The molecule has 0 spiro atoms. The van der Waals surface area contributed by atoms with E-state index in [4.69, 9.17) is 4.74 Å². The predicted octanol–water partition coefficient (Wildman–Crippen LogP) is 1.94. The summed E-state index contributed by atoms with van der Waals surface area (Å²) in [7, 11) is 1.75. The Labute approximate surface area is 102 Å². The van der Waals surface area contributed by atoms with Gasteiger partial charge in [0.15, 0.2) is 0 Å². The summed E-state index contributed by atoms with van der Waals surface area (Å²) in [5.41, 5.74) is 1.10. The van der Waals surface area contributed by atoms with Crippen LogP contribution in [0, 0.1) is 0 Å². The third-order valence-electron chi connectivity index (χ3n) is 2.09. The van der Waals surface area contributed by atoms with Crippen molar-refractivity contribution in [1.29, 1.82) is 0 Å². The van der Waals surface area contributed by atoms with Crippen molar-refractivity contribution >= 4 is 11.8 Å². The molecule has 0 aromatic carbocycles. The summed E-state index contributed by atoms with van der Waals surface area (Å²) in [6.07, 6.45) is 2.97. The van der Waals surface area contributed by atoms with Crippen LogP contribution in [0.15, 0.2) is 24.4 Å². The van der Waals surface area contributed by atoms with Crippen molar-refractivity contribution in [3.8, 4) is 0 Å². The highest BCUT2D eigenvalue weighted by atomic mass is 32.2. The van der Waals surface area contributed by atoms with Crippen LogP contribution in [0.5, 0.6) is 0 Å². The highest BCUT2D eigenvalue weighted by molar-refractivity contribution is 7.99. The second-order valence-electron chi connectivity index (χ2n) is 3.46. The van der Waals surface area contributed by atoms with Crippen LogP contribution in [0.1, 0.15) is 12.1 Å². The lowest BCUT2D eigenvalue weighted by Crippen LogP contribution is -2.17. The summed E-state index contributed by atoms with van der Waals surface area (Å²) < 4.78 is 4.99. The predicted molar refractivity (Wildman–Crippen MR) is 69.8 cm³/mol. The van der Waals surface area contributed by atoms with Gasteiger partial charge in [0.1, 0.15) is 0 Å². The Morgan fingerprint density at radius 3 is 3.06 bits per heavy atom. The van der Waals surface area contributed by atoms with Crippen LogP contribution in [0.2, 0.25) is 0 Å². The molecule has 0 aliphatic rings. The van der Waals surface area contributed by atoms with E-state index in [-0.39, 0.29) is 0 Å². The van der Waals surface area contributed by atoms with E-state index in [1.54, 1.807) is 7.11 Å². The van der Waals surface area contributed by atoms with Gasteiger partial charge in [0, 0.05) is 38.8 Å². The first-order chi connectivity index (χ1) is 7.93. The average Bonchev–Trinajstić information content (AvgIpc) is 2.34. The molecule has 3 nitrogen and oxygen atoms in total. The Bertz CT molecular complexity index is 256. The number of aromatic nitrogens is 1. The van der Waals surface area contributed by atoms with E-state index in [0.717, 1.165) is 37.6 Å². The lowest BCUT2D eigenvalue weighted by molar-refractivity contribution is 0.200. The van der Waals surface area contributed by atoms with Crippen molar-refractivity contribution in [1.82, 2.24) is 10.3 Å². The van der Waals surface area contributed by atoms with E-state index in [2.05, 4.69) is 10.3 Å². The van der Waals surface area contributed by atoms with E-state index >= 15 is 0 Å². The molecule has 16 heavy (non-hydrogen) atoms. The quantitative estimate of drug-likeness (QED) is 0.669. The van der Waals surface area contributed by atoms with Crippen LogP contribution < -0.4 is 5.32 Å². The number of methoxy groups -OCH3 is 1. The van der Waals surface area contributed by atoms with Gasteiger partial charge in [-0.1, -0.05) is 6.07 Å². The standard InChI is InChI=1S/C12H20N2OS/c1-15-8-4-9-16-10-7-13-11-12-5-2-3-6-14-12/h2-3,5-6,13H,4,7-11H2,1H3. The molecule has 0 aliphatic heterocycles. The van der Waals surface area contributed by atoms with Crippen molar-refractivity contribution in [2.45, 2.75) is 13.0 Å². The number of nitrogens with one attached hydrogen (secondary N) is 1. The Morgan fingerprint density at radius 1 is 1.38 bits per heavy atom. The third kappa shape index (κ3) is 6.82. The van der Waals surface area contributed by atoms with Gasteiger partial charge in [-0.25, -0.2) is 0 Å². The van der Waals surface area contributed by atoms with Crippen LogP contribution in [0.4, 0.5) is 0 Å². The zero-order valence-corrected chi connectivity index (χ0v) is 10.6. The molecule has 0 fully saturated rings. The number of hydrogen-bond acceptors (Lipinski definition) is 4. The molecule has 0 unspecified atom stereocenters. The van der Waals surface area contributed by atoms with Crippen LogP contribution in [0.25, 0.3) is 0 Å². The first kappa shape index (κ1) is 13.5. The first-order valence-electron chi connectivity index (χ1n) is 5.61. The number of nitrogens with zero attached hydrogens (tertiary/aromatic N) is 1. The van der Waals surface area contributed by atoms with E-state index in [9.17, 15) is 0 Å². The molecule has 0 amide bonds. The molecular weight excluding hydrogens is 220 g/mol. The molecule has 4 heteroatoms. The zero-order chi connectivity index (χ0) is 11.5. The zero-order valence-electron chi connectivity index (χ0n) is 9.82. The highest BCUT2D eigenvalue weighted by Gasteiger charge is 1.93. The van der Waals surface area contributed by atoms with Crippen molar-refractivity contribution in [3.05, 3.63) is 30.1 Å². The molecule has 90 valence electrons. The number of hydrogen-bond donors (Lipinski definition) is 1. The first-order valence-corrected chi connectivity index (χ1v) is 6.76. The van der Waals surface area contributed by atoms with Gasteiger partial charge >= 0.3 is 0 Å². The fourth-order valence-corrected chi connectivity index (χ4v) is 2.09. The van der Waals surface area contributed by atoms with Gasteiger partial charge in [0.2, 0.25) is 0 Å². The fraction of sp³-hybridized carbons (Fsp3) is 0.583. The lowest BCUT2D eigenvalue weighted by Gasteiger charge is -2.04. The minimum atomic E-state index is 0.861. The smallest absolute Gasteiger partial charge is 0.0541 e. The largest absolute Gasteiger partial charge is 0.385 e. The second kappa shape index (κ2) is 9.63. The summed E-state index contributed by atoms with van der Waals surface area (Å²) in [4.78, 5) is 4.25. The maximum Gasteiger partial charge on any atom is 0.0541 e. The maximum absolute atomic E-state index is 4.99. The van der Waals surface area contributed by atoms with Gasteiger partial charge in [-0.05, 0) is 24.3 Å². The molecule has 0 aliphatic carbocycles. The van der Waals surface area contributed by atoms with Crippen molar-refractivity contribution in [2.75, 3.05) is 31.8 Å². The normalized spacial score (nSPS) is 10.6. The Hall–Kier alpha value is -0.580. The summed E-state index contributed by atoms with van der Waals surface area (Å²) >= 11 is 1.97. The summed E-state index contributed by atoms with van der Waals surface area (Å²) in [5.74, 6) is 2.33. The van der Waals surface area contributed by atoms with Crippen LogP contribution >= 0.6 is 11.8 Å². The van der Waals surface area contributed by atoms with Gasteiger partial charge in [-0.3, -0.25) is 4.98 Å². The maximum atomic E-state index is 4.99. The fourth-order valence-electron chi connectivity index (χ4n) is 1.27. The van der Waals surface area contributed by atoms with Crippen molar-refractivity contribution in [2.24, 2.45) is 0 Å². The van der Waals surface area contributed by atoms with Gasteiger partial charge in [-0.2, -0.15) is 11.8 Å². The molecule has 0 saturated heterocycles. The van der Waals surface area contributed by atoms with Gasteiger partial charge in [-0.15, -0.1) is 0 Å². The Kier molecular flexibility index (Phi) is 8.12.